The van der Waals surface area contributed by atoms with Gasteiger partial charge in [-0.3, -0.25) is 10.2 Å². The fourth-order valence-electron chi connectivity index (χ4n) is 2.26. The topological polar surface area (TPSA) is 65.8 Å². The fraction of sp³-hybridized carbons (Fsp3) is 0. The monoisotopic (exact) mass is 410 g/mol. The summed E-state index contributed by atoms with van der Waals surface area (Å²) in [5.41, 5.74) is 8.10. The maximum absolute atomic E-state index is 12.1. The minimum Gasteiger partial charge on any atom is -0.279 e. The molecule has 28 heavy (non-hydrogen) atoms. The van der Waals surface area contributed by atoms with Crippen LogP contribution in [-0.4, -0.2) is 18.3 Å². The molecule has 0 aliphatic heterocycles. The average Bonchev–Trinajstić information content (AvgIpc) is 2.71. The third kappa shape index (κ3) is 5.42. The second-order valence-corrected chi connectivity index (χ2v) is 6.50. The molecule has 0 fully saturated rings. The van der Waals surface area contributed by atoms with Crippen LogP contribution in [0.25, 0.3) is 0 Å². The van der Waals surface area contributed by atoms with Crippen LogP contribution < -0.4 is 10.9 Å². The Hall–Kier alpha value is -3.15. The second kappa shape index (κ2) is 9.69. The highest BCUT2D eigenvalue weighted by molar-refractivity contribution is 6.33. The smallest absolute Gasteiger partial charge is 0.271 e. The van der Waals surface area contributed by atoms with Crippen LogP contribution in [0.1, 0.15) is 21.5 Å². The van der Waals surface area contributed by atoms with Crippen molar-refractivity contribution in [2.45, 2.75) is 0 Å². The molecule has 0 aromatic heterocycles. The van der Waals surface area contributed by atoms with Crippen LogP contribution in [0.5, 0.6) is 0 Å². The Morgan fingerprint density at radius 2 is 1.29 bits per heavy atom. The van der Waals surface area contributed by atoms with Crippen molar-refractivity contribution in [3.05, 3.63) is 99.5 Å². The molecule has 0 heterocycles. The molecule has 0 unspecified atom stereocenters. The summed E-state index contributed by atoms with van der Waals surface area (Å²) in [6.45, 7) is 0. The summed E-state index contributed by atoms with van der Waals surface area (Å²) < 4.78 is 0. The van der Waals surface area contributed by atoms with E-state index in [1.165, 1.54) is 6.21 Å². The highest BCUT2D eigenvalue weighted by Gasteiger charge is 2.04. The maximum atomic E-state index is 12.1. The predicted molar refractivity (Wildman–Crippen MR) is 116 cm³/mol. The highest BCUT2D eigenvalue weighted by atomic mass is 35.5. The quantitative estimate of drug-likeness (QED) is 0.432. The summed E-state index contributed by atoms with van der Waals surface area (Å²) in [4.78, 5) is 12.1. The Labute approximate surface area is 172 Å². The molecule has 0 aliphatic rings. The molecular weight excluding hydrogens is 395 g/mol. The molecule has 0 aliphatic carbocycles. The van der Waals surface area contributed by atoms with Crippen LogP contribution >= 0.6 is 23.2 Å². The van der Waals surface area contributed by atoms with Gasteiger partial charge in [0.25, 0.3) is 5.91 Å². The first kappa shape index (κ1) is 19.6. The van der Waals surface area contributed by atoms with Crippen molar-refractivity contribution in [2.75, 3.05) is 5.43 Å². The van der Waals surface area contributed by atoms with Crippen molar-refractivity contribution in [3.63, 3.8) is 0 Å². The maximum Gasteiger partial charge on any atom is 0.271 e. The van der Waals surface area contributed by atoms with E-state index < -0.39 is 0 Å². The van der Waals surface area contributed by atoms with E-state index in [-0.39, 0.29) is 5.91 Å². The minimum atomic E-state index is -0.325. The summed E-state index contributed by atoms with van der Waals surface area (Å²) in [5, 5.41) is 9.26. The summed E-state index contributed by atoms with van der Waals surface area (Å²) in [5.74, 6) is -0.325. The van der Waals surface area contributed by atoms with Gasteiger partial charge in [0.05, 0.1) is 18.1 Å². The fourth-order valence-corrected chi connectivity index (χ4v) is 2.63. The van der Waals surface area contributed by atoms with Crippen molar-refractivity contribution >= 4 is 47.2 Å². The zero-order valence-electron chi connectivity index (χ0n) is 14.6. The van der Waals surface area contributed by atoms with Gasteiger partial charge in [0.15, 0.2) is 0 Å². The van der Waals surface area contributed by atoms with Gasteiger partial charge >= 0.3 is 0 Å². The van der Waals surface area contributed by atoms with Crippen molar-refractivity contribution < 1.29 is 4.79 Å². The van der Waals surface area contributed by atoms with Gasteiger partial charge in [0.2, 0.25) is 0 Å². The molecule has 0 radical (unpaired) electrons. The van der Waals surface area contributed by atoms with Gasteiger partial charge in [0.1, 0.15) is 0 Å². The molecule has 0 saturated heterocycles. The second-order valence-electron chi connectivity index (χ2n) is 5.69. The molecule has 2 N–H and O–H groups in total. The van der Waals surface area contributed by atoms with E-state index in [2.05, 4.69) is 21.1 Å². The SMILES string of the molecule is O=C(N/N=C/c1ccccc1Cl)c1ccc(N/N=C/c2ccccc2Cl)cc1. The Balaban J connectivity index is 1.55. The number of carbonyl (C=O) groups is 1. The van der Waals surface area contributed by atoms with Crippen molar-refractivity contribution in [1.82, 2.24) is 5.43 Å². The molecule has 140 valence electrons. The number of carbonyl (C=O) groups excluding carboxylic acids is 1. The average molecular weight is 411 g/mol. The van der Waals surface area contributed by atoms with Crippen molar-refractivity contribution in [3.8, 4) is 0 Å². The molecule has 3 rings (SSSR count). The molecule has 0 spiro atoms. The highest BCUT2D eigenvalue weighted by Crippen LogP contribution is 2.14. The van der Waals surface area contributed by atoms with Crippen LogP contribution in [0.2, 0.25) is 10.0 Å². The summed E-state index contributed by atoms with van der Waals surface area (Å²) in [7, 11) is 0. The van der Waals surface area contributed by atoms with E-state index in [1.54, 1.807) is 42.6 Å². The molecule has 5 nitrogen and oxygen atoms in total. The number of nitrogens with one attached hydrogen (secondary N) is 2. The molecule has 0 atom stereocenters. The van der Waals surface area contributed by atoms with Crippen LogP contribution in [0.15, 0.2) is 83.0 Å². The normalized spacial score (nSPS) is 11.1. The van der Waals surface area contributed by atoms with Gasteiger partial charge in [-0.25, -0.2) is 5.43 Å². The number of hydrogen-bond donors (Lipinski definition) is 2. The standard InChI is InChI=1S/C21H16Cl2N4O/c22-19-7-3-1-5-16(19)13-24-26-18-11-9-15(10-12-18)21(28)27-25-14-17-6-2-4-8-20(17)23/h1-14,26H,(H,27,28)/b24-13+,25-14+. The van der Waals surface area contributed by atoms with Gasteiger partial charge in [-0.05, 0) is 36.4 Å². The lowest BCUT2D eigenvalue weighted by molar-refractivity contribution is 0.0955. The number of benzene rings is 3. The zero-order valence-corrected chi connectivity index (χ0v) is 16.2. The van der Waals surface area contributed by atoms with Crippen LogP contribution in [0.3, 0.4) is 0 Å². The molecule has 7 heteroatoms. The van der Waals surface area contributed by atoms with E-state index in [1.807, 2.05) is 36.4 Å². The summed E-state index contributed by atoms with van der Waals surface area (Å²) >= 11 is 12.1. The number of halogens is 2. The number of amides is 1. The lowest BCUT2D eigenvalue weighted by Crippen LogP contribution is -2.17. The van der Waals surface area contributed by atoms with Gasteiger partial charge in [-0.15, -0.1) is 0 Å². The van der Waals surface area contributed by atoms with Crippen LogP contribution in [-0.2, 0) is 0 Å². The largest absolute Gasteiger partial charge is 0.279 e. The number of anilines is 1. The first-order chi connectivity index (χ1) is 13.6. The molecule has 1 amide bonds. The van der Waals surface area contributed by atoms with Crippen LogP contribution in [0, 0.1) is 0 Å². The number of hydrogen-bond acceptors (Lipinski definition) is 4. The van der Waals surface area contributed by atoms with Crippen LogP contribution in [0.4, 0.5) is 5.69 Å². The minimum absolute atomic E-state index is 0.325. The Morgan fingerprint density at radius 1 is 0.750 bits per heavy atom. The number of rotatable bonds is 6. The van der Waals surface area contributed by atoms with E-state index in [0.29, 0.717) is 15.6 Å². The van der Waals surface area contributed by atoms with Crippen molar-refractivity contribution in [1.29, 1.82) is 0 Å². The number of hydrazone groups is 2. The van der Waals surface area contributed by atoms with Gasteiger partial charge in [-0.2, -0.15) is 10.2 Å². The molecule has 0 bridgehead atoms. The predicted octanol–water partition coefficient (Wildman–Crippen LogP) is 5.20. The third-order valence-electron chi connectivity index (χ3n) is 3.72. The molecule has 3 aromatic carbocycles. The zero-order chi connectivity index (χ0) is 19.8. The first-order valence-corrected chi connectivity index (χ1v) is 9.11. The van der Waals surface area contributed by atoms with E-state index in [4.69, 9.17) is 23.2 Å². The summed E-state index contributed by atoms with van der Waals surface area (Å²) in [6, 6.07) is 21.5. The lowest BCUT2D eigenvalue weighted by atomic mass is 10.2. The lowest BCUT2D eigenvalue weighted by Gasteiger charge is -2.03. The third-order valence-corrected chi connectivity index (χ3v) is 4.41. The van der Waals surface area contributed by atoms with Gasteiger partial charge in [0, 0.05) is 26.7 Å². The van der Waals surface area contributed by atoms with Gasteiger partial charge < -0.3 is 0 Å². The molecular formula is C21H16Cl2N4O. The molecule has 3 aromatic rings. The van der Waals surface area contributed by atoms with E-state index >= 15 is 0 Å². The van der Waals surface area contributed by atoms with E-state index in [0.717, 1.165) is 16.8 Å². The first-order valence-electron chi connectivity index (χ1n) is 8.35. The summed E-state index contributed by atoms with van der Waals surface area (Å²) in [6.07, 6.45) is 3.13. The van der Waals surface area contributed by atoms with Gasteiger partial charge in [-0.1, -0.05) is 59.6 Å². The molecule has 0 saturated carbocycles. The Morgan fingerprint density at radius 3 is 1.86 bits per heavy atom. The van der Waals surface area contributed by atoms with Crippen molar-refractivity contribution in [2.24, 2.45) is 10.2 Å². The number of nitrogens with zero attached hydrogens (tertiary/aromatic N) is 2. The Bertz CT molecular complexity index is 1020. The van der Waals surface area contributed by atoms with E-state index in [9.17, 15) is 4.79 Å². The Kier molecular flexibility index (Phi) is 6.78.